The van der Waals surface area contributed by atoms with Crippen LogP contribution >= 0.6 is 15.6 Å². The van der Waals surface area contributed by atoms with Crippen LogP contribution in [0.1, 0.15) is 388 Å². The van der Waals surface area contributed by atoms with Gasteiger partial charge in [0.15, 0.2) is 12.2 Å². The van der Waals surface area contributed by atoms with E-state index in [1.807, 2.05) is 0 Å². The summed E-state index contributed by atoms with van der Waals surface area (Å²) in [6, 6.07) is 0. The van der Waals surface area contributed by atoms with Crippen molar-refractivity contribution in [2.24, 2.45) is 11.8 Å². The Balaban J connectivity index is 5.16. The van der Waals surface area contributed by atoms with Crippen molar-refractivity contribution in [2.45, 2.75) is 407 Å². The Morgan fingerprint density at radius 1 is 0.309 bits per heavy atom. The normalized spacial score (nSPS) is 14.3. The van der Waals surface area contributed by atoms with Crippen LogP contribution in [0.3, 0.4) is 0 Å². The predicted molar refractivity (Wildman–Crippen MR) is 381 cm³/mol. The van der Waals surface area contributed by atoms with E-state index in [1.54, 1.807) is 0 Å². The van der Waals surface area contributed by atoms with Crippen molar-refractivity contribution in [3.05, 3.63) is 0 Å². The number of carbonyl (C=O) groups excluding carboxylic acids is 4. The first-order valence-electron chi connectivity index (χ1n) is 39.0. The molecule has 0 radical (unpaired) electrons. The van der Waals surface area contributed by atoms with Crippen LogP contribution in [0.5, 0.6) is 0 Å². The molecule has 0 amide bonds. The van der Waals surface area contributed by atoms with Gasteiger partial charge in [-0.3, -0.25) is 37.3 Å². The molecule has 0 heterocycles. The van der Waals surface area contributed by atoms with E-state index in [1.165, 1.54) is 205 Å². The molecule has 19 heteroatoms. The highest BCUT2D eigenvalue weighted by Gasteiger charge is 2.30. The van der Waals surface area contributed by atoms with Gasteiger partial charge >= 0.3 is 39.5 Å². The zero-order valence-corrected chi connectivity index (χ0v) is 63.1. The second kappa shape index (κ2) is 66.9. The number of aliphatic hydroxyl groups is 1. The molecule has 0 bridgehead atoms. The summed E-state index contributed by atoms with van der Waals surface area (Å²) in [6.45, 7) is 9.61. The number of ether oxygens (including phenoxy) is 4. The summed E-state index contributed by atoms with van der Waals surface area (Å²) < 4.78 is 68.4. The molecule has 94 heavy (non-hydrogen) atoms. The smallest absolute Gasteiger partial charge is 0.462 e. The molecule has 0 aromatic heterocycles. The zero-order chi connectivity index (χ0) is 69.3. The van der Waals surface area contributed by atoms with Gasteiger partial charge in [-0.2, -0.15) is 0 Å². The fourth-order valence-electron chi connectivity index (χ4n) is 11.4. The number of aliphatic hydroxyl groups excluding tert-OH is 1. The lowest BCUT2D eigenvalue weighted by Gasteiger charge is -2.21. The van der Waals surface area contributed by atoms with Crippen LogP contribution in [0.15, 0.2) is 0 Å². The number of phosphoric acid groups is 2. The van der Waals surface area contributed by atoms with Crippen LogP contribution < -0.4 is 0 Å². The lowest BCUT2D eigenvalue weighted by molar-refractivity contribution is -0.161. The minimum Gasteiger partial charge on any atom is -0.462 e. The van der Waals surface area contributed by atoms with Crippen LogP contribution in [0, 0.1) is 11.8 Å². The highest BCUT2D eigenvalue weighted by molar-refractivity contribution is 7.47. The molecule has 0 rings (SSSR count). The SMILES string of the molecule is CCCCCCCCCCCCC(=O)OC[C@H](COP(=O)(O)OC[C@H](O)COP(=O)(O)OC[C@@H](COC(=O)CCCCCCCCCCCC(C)C)OC(=O)CCCCCCCCCCCCCCCCCCCCC(C)CC)OC(=O)CCCCCCCCCCCC. The first-order chi connectivity index (χ1) is 45.4. The van der Waals surface area contributed by atoms with Crippen LogP contribution in [0.25, 0.3) is 0 Å². The molecule has 17 nitrogen and oxygen atoms in total. The van der Waals surface area contributed by atoms with Gasteiger partial charge in [0.2, 0.25) is 0 Å². The standard InChI is InChI=1S/C75H146O17P2/c1-7-10-12-14-16-18-33-39-45-51-57-72(77)85-63-70(91-74(79)59-53-47-41-34-19-17-15-13-11-8-2)65-89-93(81,82)87-61-69(76)62-88-94(83,84)90-66-71(64-86-73(78)58-52-46-40-36-30-31-37-43-49-55-67(4)5)92-75(80)60-54-48-42-35-29-27-25-23-21-20-22-24-26-28-32-38-44-50-56-68(6)9-3/h67-71,76H,7-66H2,1-6H3,(H,81,82)(H,83,84)/t68?,69-,70+,71+/m0/s1. The summed E-state index contributed by atoms with van der Waals surface area (Å²) >= 11 is 0. The molecule has 3 N–H and O–H groups in total. The van der Waals surface area contributed by atoms with Crippen LogP contribution in [-0.2, 0) is 65.4 Å². The van der Waals surface area contributed by atoms with Crippen molar-refractivity contribution in [2.75, 3.05) is 39.6 Å². The fourth-order valence-corrected chi connectivity index (χ4v) is 13.0. The number of carbonyl (C=O) groups is 4. The maximum atomic E-state index is 13.1. The maximum Gasteiger partial charge on any atom is 0.472 e. The van der Waals surface area contributed by atoms with Crippen molar-refractivity contribution >= 4 is 39.5 Å². The molecule has 0 aromatic carbocycles. The van der Waals surface area contributed by atoms with Gasteiger partial charge in [-0.1, -0.05) is 337 Å². The lowest BCUT2D eigenvalue weighted by Crippen LogP contribution is -2.30. The highest BCUT2D eigenvalue weighted by Crippen LogP contribution is 2.45. The average Bonchev–Trinajstić information content (AvgIpc) is 2.46. The van der Waals surface area contributed by atoms with Gasteiger partial charge in [0.05, 0.1) is 26.4 Å². The fraction of sp³-hybridized carbons (Fsp3) is 0.947. The predicted octanol–water partition coefficient (Wildman–Crippen LogP) is 21.9. The van der Waals surface area contributed by atoms with Crippen LogP contribution in [0.2, 0.25) is 0 Å². The Morgan fingerprint density at radius 3 is 0.809 bits per heavy atom. The van der Waals surface area contributed by atoms with E-state index in [0.717, 1.165) is 102 Å². The number of rotatable bonds is 74. The molecule has 0 aliphatic rings. The summed E-state index contributed by atoms with van der Waals surface area (Å²) in [5.74, 6) is -0.504. The second-order valence-electron chi connectivity index (χ2n) is 27.8. The molecule has 0 fully saturated rings. The summed E-state index contributed by atoms with van der Waals surface area (Å²) in [5, 5.41) is 10.6. The topological polar surface area (TPSA) is 237 Å². The second-order valence-corrected chi connectivity index (χ2v) is 30.7. The number of phosphoric ester groups is 2. The number of hydrogen-bond donors (Lipinski definition) is 3. The van der Waals surface area contributed by atoms with E-state index in [-0.39, 0.29) is 25.7 Å². The average molecular weight is 1380 g/mol. The largest absolute Gasteiger partial charge is 0.472 e. The molecule has 0 spiro atoms. The third-order valence-electron chi connectivity index (χ3n) is 17.8. The molecule has 0 aliphatic carbocycles. The van der Waals surface area contributed by atoms with Gasteiger partial charge in [0.1, 0.15) is 19.3 Å². The van der Waals surface area contributed by atoms with E-state index < -0.39 is 97.5 Å². The van der Waals surface area contributed by atoms with Crippen molar-refractivity contribution in [3.8, 4) is 0 Å². The van der Waals surface area contributed by atoms with Gasteiger partial charge in [-0.05, 0) is 37.5 Å². The third kappa shape index (κ3) is 67.3. The molecule has 0 saturated heterocycles. The molecule has 0 aliphatic heterocycles. The van der Waals surface area contributed by atoms with Gasteiger partial charge in [0, 0.05) is 25.7 Å². The molecule has 3 unspecified atom stereocenters. The minimum absolute atomic E-state index is 0.107. The molecular weight excluding hydrogens is 1230 g/mol. The summed E-state index contributed by atoms with van der Waals surface area (Å²) in [6.07, 6.45) is 54.1. The zero-order valence-electron chi connectivity index (χ0n) is 61.3. The van der Waals surface area contributed by atoms with Gasteiger partial charge in [0.25, 0.3) is 0 Å². The van der Waals surface area contributed by atoms with E-state index in [0.29, 0.717) is 25.7 Å². The van der Waals surface area contributed by atoms with E-state index >= 15 is 0 Å². The lowest BCUT2D eigenvalue weighted by atomic mass is 9.99. The maximum absolute atomic E-state index is 13.1. The number of hydrogen-bond acceptors (Lipinski definition) is 15. The van der Waals surface area contributed by atoms with Crippen LogP contribution in [-0.4, -0.2) is 96.7 Å². The highest BCUT2D eigenvalue weighted by atomic mass is 31.2. The molecule has 0 aromatic rings. The monoisotopic (exact) mass is 1380 g/mol. The van der Waals surface area contributed by atoms with Crippen LogP contribution in [0.4, 0.5) is 0 Å². The quantitative estimate of drug-likeness (QED) is 0.0222. The number of unbranched alkanes of at least 4 members (excludes halogenated alkanes) is 43. The summed E-state index contributed by atoms with van der Waals surface area (Å²) in [4.78, 5) is 72.6. The first-order valence-corrected chi connectivity index (χ1v) is 42.0. The Labute approximate surface area is 575 Å². The molecule has 0 saturated carbocycles. The molecular formula is C75H146O17P2. The molecule has 6 atom stereocenters. The van der Waals surface area contributed by atoms with Crippen molar-refractivity contribution in [1.29, 1.82) is 0 Å². The van der Waals surface area contributed by atoms with Gasteiger partial charge < -0.3 is 33.8 Å². The Kier molecular flexibility index (Phi) is 65.5. The van der Waals surface area contributed by atoms with Gasteiger partial charge in [-0.15, -0.1) is 0 Å². The van der Waals surface area contributed by atoms with E-state index in [2.05, 4.69) is 41.5 Å². The Bertz CT molecular complexity index is 1820. The summed E-state index contributed by atoms with van der Waals surface area (Å²) in [7, 11) is -9.90. The van der Waals surface area contributed by atoms with E-state index in [4.69, 9.17) is 37.0 Å². The minimum atomic E-state index is -4.96. The third-order valence-corrected chi connectivity index (χ3v) is 19.7. The van der Waals surface area contributed by atoms with Crippen molar-refractivity contribution in [1.82, 2.24) is 0 Å². The first kappa shape index (κ1) is 92.1. The summed E-state index contributed by atoms with van der Waals surface area (Å²) in [5.41, 5.74) is 0. The Morgan fingerprint density at radius 2 is 0.543 bits per heavy atom. The van der Waals surface area contributed by atoms with E-state index in [9.17, 15) is 43.2 Å². The molecule has 558 valence electrons. The van der Waals surface area contributed by atoms with Crippen molar-refractivity contribution < 1.29 is 80.2 Å². The number of esters is 4. The van der Waals surface area contributed by atoms with Gasteiger partial charge in [-0.25, -0.2) is 9.13 Å². The van der Waals surface area contributed by atoms with Crippen molar-refractivity contribution in [3.63, 3.8) is 0 Å². The Hall–Kier alpha value is -1.94.